The van der Waals surface area contributed by atoms with Gasteiger partial charge >= 0.3 is 0 Å². The highest BCUT2D eigenvalue weighted by Crippen LogP contribution is 2.10. The van der Waals surface area contributed by atoms with E-state index in [-0.39, 0.29) is 0 Å². The Kier molecular flexibility index (Phi) is 20.5. The second-order valence-corrected chi connectivity index (χ2v) is 7.20. The van der Waals surface area contributed by atoms with E-state index in [1.54, 1.807) is 24.3 Å². The summed E-state index contributed by atoms with van der Waals surface area (Å²) in [5, 5.41) is 19.5. The normalized spacial score (nSPS) is 14.3. The van der Waals surface area contributed by atoms with Gasteiger partial charge in [0.15, 0.2) is 0 Å². The van der Waals surface area contributed by atoms with Crippen LogP contribution in [0, 0.1) is 11.8 Å². The molecule has 0 aliphatic carbocycles. The zero-order valence-corrected chi connectivity index (χ0v) is 18.2. The van der Waals surface area contributed by atoms with Crippen LogP contribution in [0.2, 0.25) is 0 Å². The molecule has 0 fully saturated rings. The number of rotatable bonds is 16. The van der Waals surface area contributed by atoms with Gasteiger partial charge in [-0.3, -0.25) is 0 Å². The lowest BCUT2D eigenvalue weighted by Crippen LogP contribution is -1.99. The number of aliphatic hydroxyl groups excluding tert-OH is 2. The molecule has 0 aromatic heterocycles. The molecule has 0 aromatic rings. The van der Waals surface area contributed by atoms with Crippen LogP contribution in [0.25, 0.3) is 0 Å². The predicted octanol–water partition coefficient (Wildman–Crippen LogP) is 6.66. The van der Waals surface area contributed by atoms with Gasteiger partial charge in [-0.1, -0.05) is 113 Å². The van der Waals surface area contributed by atoms with E-state index in [0.29, 0.717) is 12.8 Å². The first-order valence-corrected chi connectivity index (χ1v) is 11.2. The van der Waals surface area contributed by atoms with Crippen LogP contribution in [0.15, 0.2) is 48.6 Å². The summed E-state index contributed by atoms with van der Waals surface area (Å²) in [4.78, 5) is 0. The first-order valence-electron chi connectivity index (χ1n) is 11.2. The van der Waals surface area contributed by atoms with Gasteiger partial charge in [-0.05, 0) is 31.8 Å². The molecule has 0 rings (SSSR count). The summed E-state index contributed by atoms with van der Waals surface area (Å²) in [5.41, 5.74) is 0. The summed E-state index contributed by atoms with van der Waals surface area (Å²) in [6, 6.07) is 0. The summed E-state index contributed by atoms with van der Waals surface area (Å²) in [6.07, 6.45) is 28.2. The fourth-order valence-corrected chi connectivity index (χ4v) is 2.72. The van der Waals surface area contributed by atoms with Crippen LogP contribution < -0.4 is 0 Å². The van der Waals surface area contributed by atoms with E-state index >= 15 is 0 Å². The third kappa shape index (κ3) is 20.7. The minimum Gasteiger partial charge on any atom is -0.389 e. The molecule has 0 saturated carbocycles. The van der Waals surface area contributed by atoms with E-state index in [1.807, 2.05) is 12.2 Å². The lowest BCUT2D eigenvalue weighted by molar-refractivity contribution is 0.227. The van der Waals surface area contributed by atoms with Crippen LogP contribution in [0.4, 0.5) is 0 Å². The molecule has 2 atom stereocenters. The van der Waals surface area contributed by atoms with Gasteiger partial charge in [-0.25, -0.2) is 0 Å². The first-order chi connectivity index (χ1) is 13.7. The molecule has 0 aromatic carbocycles. The largest absolute Gasteiger partial charge is 0.389 e. The lowest BCUT2D eigenvalue weighted by atomic mass is 10.1. The van der Waals surface area contributed by atoms with Gasteiger partial charge in [0.05, 0.1) is 6.10 Å². The molecule has 0 heterocycles. The van der Waals surface area contributed by atoms with Crippen LogP contribution in [0.3, 0.4) is 0 Å². The summed E-state index contributed by atoms with van der Waals surface area (Å²) >= 11 is 0. The van der Waals surface area contributed by atoms with Crippen molar-refractivity contribution in [3.05, 3.63) is 48.6 Å². The maximum absolute atomic E-state index is 9.90. The minimum absolute atomic E-state index is 0.461. The smallest absolute Gasteiger partial charge is 0.118 e. The van der Waals surface area contributed by atoms with Crippen molar-refractivity contribution in [1.82, 2.24) is 0 Å². The first kappa shape index (κ1) is 26.4. The van der Waals surface area contributed by atoms with E-state index in [0.717, 1.165) is 12.8 Å². The Labute approximate surface area is 174 Å². The molecule has 2 unspecified atom stereocenters. The summed E-state index contributed by atoms with van der Waals surface area (Å²) in [7, 11) is 0. The van der Waals surface area contributed by atoms with Crippen LogP contribution >= 0.6 is 0 Å². The molecule has 2 N–H and O–H groups in total. The fourth-order valence-electron chi connectivity index (χ4n) is 2.72. The van der Waals surface area contributed by atoms with Crippen molar-refractivity contribution in [2.75, 3.05) is 0 Å². The van der Waals surface area contributed by atoms with Crippen LogP contribution in [0.5, 0.6) is 0 Å². The van der Waals surface area contributed by atoms with E-state index in [9.17, 15) is 10.2 Å². The Morgan fingerprint density at radius 3 is 2.14 bits per heavy atom. The number of hydrogen-bond donors (Lipinski definition) is 2. The van der Waals surface area contributed by atoms with Crippen molar-refractivity contribution >= 4 is 0 Å². The lowest BCUT2D eigenvalue weighted by Gasteiger charge is -2.01. The predicted molar refractivity (Wildman–Crippen MR) is 123 cm³/mol. The fraction of sp³-hybridized carbons (Fsp3) is 0.615. The van der Waals surface area contributed by atoms with Crippen molar-refractivity contribution in [1.29, 1.82) is 0 Å². The third-order valence-electron chi connectivity index (χ3n) is 4.40. The molecule has 2 nitrogen and oxygen atoms in total. The monoisotopic (exact) mass is 386 g/mol. The highest BCUT2D eigenvalue weighted by Gasteiger charge is 1.94. The maximum atomic E-state index is 9.90. The Hall–Kier alpha value is -1.56. The Balaban J connectivity index is 3.70. The molecule has 158 valence electrons. The molecular formula is C26H42O2. The number of unbranched alkanes of at least 4 members (excludes halogenated alkanes) is 8. The Bertz CT molecular complexity index is 502. The van der Waals surface area contributed by atoms with Gasteiger partial charge < -0.3 is 10.2 Å². The zero-order valence-electron chi connectivity index (χ0n) is 18.2. The molecule has 0 amide bonds. The van der Waals surface area contributed by atoms with Crippen molar-refractivity contribution in [3.8, 4) is 11.8 Å². The molecule has 0 spiro atoms. The summed E-state index contributed by atoms with van der Waals surface area (Å²) in [5.74, 6) is 5.58. The van der Waals surface area contributed by atoms with E-state index < -0.39 is 12.2 Å². The second kappa shape index (κ2) is 21.7. The second-order valence-electron chi connectivity index (χ2n) is 7.20. The van der Waals surface area contributed by atoms with E-state index in [4.69, 9.17) is 0 Å². The summed E-state index contributed by atoms with van der Waals surface area (Å²) < 4.78 is 0. The van der Waals surface area contributed by atoms with Crippen molar-refractivity contribution in [2.24, 2.45) is 0 Å². The van der Waals surface area contributed by atoms with Crippen molar-refractivity contribution < 1.29 is 10.2 Å². The van der Waals surface area contributed by atoms with Crippen LogP contribution in [-0.4, -0.2) is 22.4 Å². The number of hydrogen-bond acceptors (Lipinski definition) is 2. The Morgan fingerprint density at radius 1 is 0.750 bits per heavy atom. The molecule has 28 heavy (non-hydrogen) atoms. The average Bonchev–Trinajstić information content (AvgIpc) is 2.69. The van der Waals surface area contributed by atoms with Gasteiger partial charge in [0.25, 0.3) is 0 Å². The number of allylic oxidation sites excluding steroid dienone is 5. The molecule has 2 heteroatoms. The Morgan fingerprint density at radius 2 is 1.43 bits per heavy atom. The molecule has 0 aliphatic rings. The third-order valence-corrected chi connectivity index (χ3v) is 4.40. The van der Waals surface area contributed by atoms with E-state index in [2.05, 4.69) is 37.8 Å². The molecule has 0 radical (unpaired) electrons. The SMILES string of the molecule is CC/C=C\CC(O)C#C/C=C/C=C/C(O)C/C=C\CCCCCCCCCC. The topological polar surface area (TPSA) is 40.5 Å². The molecule has 0 saturated heterocycles. The number of aliphatic hydroxyl groups is 2. The molecule has 0 bridgehead atoms. The van der Waals surface area contributed by atoms with Gasteiger partial charge in [0.1, 0.15) is 6.10 Å². The highest BCUT2D eigenvalue weighted by atomic mass is 16.3. The van der Waals surface area contributed by atoms with Gasteiger partial charge in [0, 0.05) is 6.42 Å². The highest BCUT2D eigenvalue weighted by molar-refractivity contribution is 5.22. The average molecular weight is 387 g/mol. The van der Waals surface area contributed by atoms with Crippen LogP contribution in [-0.2, 0) is 0 Å². The maximum Gasteiger partial charge on any atom is 0.118 e. The zero-order chi connectivity index (χ0) is 20.7. The quantitative estimate of drug-likeness (QED) is 0.135. The molecular weight excluding hydrogens is 344 g/mol. The molecule has 0 aliphatic heterocycles. The minimum atomic E-state index is -0.617. The van der Waals surface area contributed by atoms with Crippen molar-refractivity contribution in [2.45, 2.75) is 103 Å². The summed E-state index contributed by atoms with van der Waals surface area (Å²) in [6.45, 7) is 4.32. The van der Waals surface area contributed by atoms with Gasteiger partial charge in [0.2, 0.25) is 0 Å². The van der Waals surface area contributed by atoms with Gasteiger partial charge in [-0.15, -0.1) is 0 Å². The van der Waals surface area contributed by atoms with E-state index in [1.165, 1.54) is 51.4 Å². The van der Waals surface area contributed by atoms with Gasteiger partial charge in [-0.2, -0.15) is 0 Å². The van der Waals surface area contributed by atoms with Crippen LogP contribution in [0.1, 0.15) is 90.9 Å². The van der Waals surface area contributed by atoms with Crippen molar-refractivity contribution in [3.63, 3.8) is 0 Å². The standard InChI is InChI=1S/C26H42O2/c1-3-5-7-8-9-10-11-12-13-14-18-22-26(28)24-20-16-15-19-23-25(27)21-17-6-4-2/h6,14-18,20,24-28H,3-5,7-13,21-22H2,1-2H3/b16-15+,17-6-,18-14-,24-20+.